The molecule has 0 aliphatic heterocycles. The van der Waals surface area contributed by atoms with E-state index >= 15 is 0 Å². The Kier molecular flexibility index (Phi) is 4.98. The molecule has 3 fully saturated rings. The van der Waals surface area contributed by atoms with Gasteiger partial charge in [0.15, 0.2) is 0 Å². The number of hydrogen-bond donors (Lipinski definition) is 0. The molecule has 0 amide bonds. The lowest BCUT2D eigenvalue weighted by atomic mass is 9.56. The van der Waals surface area contributed by atoms with Crippen molar-refractivity contribution in [2.24, 2.45) is 29.1 Å². The summed E-state index contributed by atoms with van der Waals surface area (Å²) in [6.07, 6.45) is 16.6. The van der Waals surface area contributed by atoms with Gasteiger partial charge in [-0.05, 0) is 61.2 Å². The molecule has 2 unspecified atom stereocenters. The van der Waals surface area contributed by atoms with Gasteiger partial charge in [-0.15, -0.1) is 0 Å². The average Bonchev–Trinajstić information content (AvgIpc) is 2.82. The molecule has 3 saturated carbocycles. The number of ether oxygens (including phenoxy) is 1. The first-order chi connectivity index (χ1) is 10.2. The van der Waals surface area contributed by atoms with Crippen LogP contribution < -0.4 is 0 Å². The summed E-state index contributed by atoms with van der Waals surface area (Å²) < 4.78 is 5.89. The SMILES string of the molecule is CO[C@H]1CCC2[C@@H]3CCCCCCC[C@H](C)C3CC[C@@]21C. The fraction of sp³-hybridized carbons (Fsp3) is 1.00. The Morgan fingerprint density at radius 3 is 2.29 bits per heavy atom. The lowest BCUT2D eigenvalue weighted by Gasteiger charge is -2.50. The zero-order valence-corrected chi connectivity index (χ0v) is 14.6. The average molecular weight is 293 g/mol. The summed E-state index contributed by atoms with van der Waals surface area (Å²) >= 11 is 0. The Bertz CT molecular complexity index is 339. The molecule has 0 aromatic heterocycles. The van der Waals surface area contributed by atoms with E-state index in [0.717, 1.165) is 23.7 Å². The minimum absolute atomic E-state index is 0.486. The summed E-state index contributed by atoms with van der Waals surface area (Å²) in [6, 6.07) is 0. The summed E-state index contributed by atoms with van der Waals surface area (Å²) in [7, 11) is 1.94. The van der Waals surface area contributed by atoms with Crippen LogP contribution in [0.5, 0.6) is 0 Å². The van der Waals surface area contributed by atoms with Crippen LogP contribution in [-0.2, 0) is 4.74 Å². The van der Waals surface area contributed by atoms with E-state index in [9.17, 15) is 0 Å². The van der Waals surface area contributed by atoms with Crippen molar-refractivity contribution in [3.63, 3.8) is 0 Å². The van der Waals surface area contributed by atoms with Gasteiger partial charge in [0.1, 0.15) is 0 Å². The molecule has 0 radical (unpaired) electrons. The number of fused-ring (bicyclic) bond motifs is 3. The minimum atomic E-state index is 0.486. The van der Waals surface area contributed by atoms with Crippen LogP contribution in [0, 0.1) is 29.1 Å². The molecule has 0 N–H and O–H groups in total. The second kappa shape index (κ2) is 6.60. The van der Waals surface area contributed by atoms with Gasteiger partial charge < -0.3 is 4.74 Å². The maximum Gasteiger partial charge on any atom is 0.0627 e. The Morgan fingerprint density at radius 1 is 0.810 bits per heavy atom. The molecular weight excluding hydrogens is 256 g/mol. The van der Waals surface area contributed by atoms with E-state index in [0.29, 0.717) is 11.5 Å². The van der Waals surface area contributed by atoms with E-state index in [-0.39, 0.29) is 0 Å². The molecule has 3 rings (SSSR count). The van der Waals surface area contributed by atoms with Crippen LogP contribution >= 0.6 is 0 Å². The van der Waals surface area contributed by atoms with Crippen LogP contribution in [-0.4, -0.2) is 13.2 Å². The smallest absolute Gasteiger partial charge is 0.0627 e. The van der Waals surface area contributed by atoms with Crippen LogP contribution in [0.1, 0.15) is 84.5 Å². The van der Waals surface area contributed by atoms with Crippen LogP contribution in [0.15, 0.2) is 0 Å². The fourth-order valence-electron chi connectivity index (χ4n) is 6.37. The molecule has 0 bridgehead atoms. The predicted molar refractivity (Wildman–Crippen MR) is 89.3 cm³/mol. The van der Waals surface area contributed by atoms with Gasteiger partial charge in [-0.3, -0.25) is 0 Å². The topological polar surface area (TPSA) is 9.23 Å². The minimum Gasteiger partial charge on any atom is -0.381 e. The van der Waals surface area contributed by atoms with E-state index in [1.807, 2.05) is 7.11 Å². The lowest BCUT2D eigenvalue weighted by Crippen LogP contribution is -2.45. The van der Waals surface area contributed by atoms with Gasteiger partial charge in [-0.2, -0.15) is 0 Å². The normalized spacial score (nSPS) is 48.4. The highest BCUT2D eigenvalue weighted by atomic mass is 16.5. The van der Waals surface area contributed by atoms with Gasteiger partial charge in [-0.25, -0.2) is 0 Å². The number of methoxy groups -OCH3 is 1. The fourth-order valence-corrected chi connectivity index (χ4v) is 6.37. The third kappa shape index (κ3) is 2.92. The summed E-state index contributed by atoms with van der Waals surface area (Å²) in [4.78, 5) is 0. The number of rotatable bonds is 1. The number of hydrogen-bond acceptors (Lipinski definition) is 1. The third-order valence-corrected chi connectivity index (χ3v) is 7.62. The molecule has 0 aromatic carbocycles. The lowest BCUT2D eigenvalue weighted by molar-refractivity contribution is -0.0645. The Morgan fingerprint density at radius 2 is 1.52 bits per heavy atom. The highest BCUT2D eigenvalue weighted by Gasteiger charge is 2.54. The molecule has 0 spiro atoms. The summed E-state index contributed by atoms with van der Waals surface area (Å²) in [5, 5.41) is 0. The quantitative estimate of drug-likeness (QED) is 0.591. The first-order valence-corrected chi connectivity index (χ1v) is 9.69. The third-order valence-electron chi connectivity index (χ3n) is 7.62. The molecule has 1 nitrogen and oxygen atoms in total. The van der Waals surface area contributed by atoms with Crippen molar-refractivity contribution in [2.75, 3.05) is 7.11 Å². The monoisotopic (exact) mass is 292 g/mol. The van der Waals surface area contributed by atoms with Crippen molar-refractivity contribution in [3.05, 3.63) is 0 Å². The molecule has 21 heavy (non-hydrogen) atoms. The Hall–Kier alpha value is -0.0400. The van der Waals surface area contributed by atoms with E-state index < -0.39 is 0 Å². The molecule has 3 aliphatic rings. The maximum absolute atomic E-state index is 5.89. The van der Waals surface area contributed by atoms with E-state index in [4.69, 9.17) is 4.74 Å². The van der Waals surface area contributed by atoms with E-state index in [1.54, 1.807) is 0 Å². The highest BCUT2D eigenvalue weighted by molar-refractivity contribution is 5.03. The second-order valence-electron chi connectivity index (χ2n) is 8.60. The summed E-state index contributed by atoms with van der Waals surface area (Å²) in [6.45, 7) is 5.11. The van der Waals surface area contributed by atoms with Gasteiger partial charge in [-0.1, -0.05) is 52.4 Å². The standard InChI is InChI=1S/C20H36O/c1-15-9-7-5-4-6-8-10-17-16(15)13-14-20(2)18(17)11-12-19(20)21-3/h15-19H,4-14H2,1-3H3/t15-,16?,17+,18?,19-,20-/m0/s1. The summed E-state index contributed by atoms with van der Waals surface area (Å²) in [5.41, 5.74) is 0.486. The van der Waals surface area contributed by atoms with E-state index in [2.05, 4.69) is 13.8 Å². The molecular formula is C20H36O. The molecule has 0 saturated heterocycles. The Balaban J connectivity index is 1.79. The van der Waals surface area contributed by atoms with Crippen molar-refractivity contribution in [2.45, 2.75) is 90.6 Å². The van der Waals surface area contributed by atoms with E-state index in [1.165, 1.54) is 70.6 Å². The molecule has 0 aromatic rings. The van der Waals surface area contributed by atoms with Crippen molar-refractivity contribution < 1.29 is 4.74 Å². The zero-order chi connectivity index (χ0) is 14.9. The van der Waals surface area contributed by atoms with Crippen molar-refractivity contribution in [1.29, 1.82) is 0 Å². The molecule has 6 atom stereocenters. The zero-order valence-electron chi connectivity index (χ0n) is 14.6. The predicted octanol–water partition coefficient (Wildman–Crippen LogP) is 5.82. The largest absolute Gasteiger partial charge is 0.381 e. The second-order valence-corrected chi connectivity index (χ2v) is 8.60. The first-order valence-electron chi connectivity index (χ1n) is 9.69. The van der Waals surface area contributed by atoms with Gasteiger partial charge in [0.05, 0.1) is 6.10 Å². The van der Waals surface area contributed by atoms with Gasteiger partial charge in [0.2, 0.25) is 0 Å². The summed E-state index contributed by atoms with van der Waals surface area (Å²) in [5.74, 6) is 3.91. The molecule has 1 heteroatoms. The van der Waals surface area contributed by atoms with Crippen molar-refractivity contribution >= 4 is 0 Å². The Labute approximate surface area is 132 Å². The van der Waals surface area contributed by atoms with Crippen LogP contribution in [0.3, 0.4) is 0 Å². The van der Waals surface area contributed by atoms with Gasteiger partial charge >= 0.3 is 0 Å². The maximum atomic E-state index is 5.89. The molecule has 122 valence electrons. The highest BCUT2D eigenvalue weighted by Crippen LogP contribution is 2.59. The molecule has 3 aliphatic carbocycles. The van der Waals surface area contributed by atoms with Crippen LogP contribution in [0.25, 0.3) is 0 Å². The van der Waals surface area contributed by atoms with Gasteiger partial charge in [0, 0.05) is 7.11 Å². The first kappa shape index (κ1) is 15.8. The van der Waals surface area contributed by atoms with Crippen LogP contribution in [0.4, 0.5) is 0 Å². The van der Waals surface area contributed by atoms with Crippen molar-refractivity contribution in [1.82, 2.24) is 0 Å². The van der Waals surface area contributed by atoms with Crippen LogP contribution in [0.2, 0.25) is 0 Å². The van der Waals surface area contributed by atoms with Gasteiger partial charge in [0.25, 0.3) is 0 Å². The van der Waals surface area contributed by atoms with Crippen molar-refractivity contribution in [3.8, 4) is 0 Å². The molecule has 0 heterocycles.